The molecule has 134 valence electrons. The second-order valence-electron chi connectivity index (χ2n) is 5.84. The lowest BCUT2D eigenvalue weighted by molar-refractivity contribution is -0.113. The topological polar surface area (TPSA) is 73.0 Å². The highest BCUT2D eigenvalue weighted by molar-refractivity contribution is 7.99. The molecule has 2 aromatic heterocycles. The molecule has 7 heteroatoms. The predicted molar refractivity (Wildman–Crippen MR) is 103 cm³/mol. The van der Waals surface area contributed by atoms with Crippen LogP contribution in [-0.4, -0.2) is 26.4 Å². The van der Waals surface area contributed by atoms with Crippen molar-refractivity contribution in [1.29, 1.82) is 0 Å². The van der Waals surface area contributed by atoms with E-state index in [-0.39, 0.29) is 11.7 Å². The molecule has 0 aliphatic carbocycles. The molecule has 0 spiro atoms. The molecule has 0 unspecified atom stereocenters. The van der Waals surface area contributed by atoms with Crippen LogP contribution in [0.5, 0.6) is 0 Å². The lowest BCUT2D eigenvalue weighted by Crippen LogP contribution is -2.15. The molecular formula is C19H20N4O2S. The van der Waals surface area contributed by atoms with E-state index in [0.717, 1.165) is 16.8 Å². The number of rotatable bonds is 7. The van der Waals surface area contributed by atoms with Gasteiger partial charge in [-0.05, 0) is 37.6 Å². The maximum atomic E-state index is 12.3. The highest BCUT2D eigenvalue weighted by Crippen LogP contribution is 2.25. The Balaban J connectivity index is 1.69. The molecular weight excluding hydrogens is 348 g/mol. The number of furan rings is 1. The third-order valence-corrected chi connectivity index (χ3v) is 4.73. The number of nitrogens with zero attached hydrogens (tertiary/aromatic N) is 3. The van der Waals surface area contributed by atoms with Gasteiger partial charge in [-0.2, -0.15) is 0 Å². The van der Waals surface area contributed by atoms with Crippen LogP contribution in [-0.2, 0) is 11.3 Å². The zero-order chi connectivity index (χ0) is 18.5. The van der Waals surface area contributed by atoms with Crippen molar-refractivity contribution < 1.29 is 9.21 Å². The van der Waals surface area contributed by atoms with Crippen LogP contribution in [0, 0.1) is 13.8 Å². The van der Waals surface area contributed by atoms with Crippen molar-refractivity contribution in [3.63, 3.8) is 0 Å². The van der Waals surface area contributed by atoms with Gasteiger partial charge < -0.3 is 9.73 Å². The molecule has 0 aliphatic heterocycles. The maximum Gasteiger partial charge on any atom is 0.234 e. The van der Waals surface area contributed by atoms with Crippen LogP contribution >= 0.6 is 11.8 Å². The number of anilines is 1. The van der Waals surface area contributed by atoms with Gasteiger partial charge in [0.25, 0.3) is 0 Å². The van der Waals surface area contributed by atoms with E-state index in [1.54, 1.807) is 18.4 Å². The van der Waals surface area contributed by atoms with Gasteiger partial charge in [-0.15, -0.1) is 16.8 Å². The van der Waals surface area contributed by atoms with Gasteiger partial charge in [0.1, 0.15) is 0 Å². The summed E-state index contributed by atoms with van der Waals surface area (Å²) in [5.74, 6) is 1.40. The quantitative estimate of drug-likeness (QED) is 0.503. The van der Waals surface area contributed by atoms with E-state index < -0.39 is 0 Å². The fourth-order valence-corrected chi connectivity index (χ4v) is 3.30. The molecule has 0 bridgehead atoms. The number of benzene rings is 1. The summed E-state index contributed by atoms with van der Waals surface area (Å²) < 4.78 is 7.28. The Bertz CT molecular complexity index is 916. The van der Waals surface area contributed by atoms with E-state index in [4.69, 9.17) is 4.42 Å². The Hall–Kier alpha value is -2.80. The van der Waals surface area contributed by atoms with Gasteiger partial charge in [0.2, 0.25) is 11.7 Å². The van der Waals surface area contributed by atoms with Crippen LogP contribution in [0.1, 0.15) is 11.1 Å². The maximum absolute atomic E-state index is 12.3. The lowest BCUT2D eigenvalue weighted by atomic mass is 10.1. The molecule has 3 rings (SSSR count). The number of allylic oxidation sites excluding steroid dienone is 1. The highest BCUT2D eigenvalue weighted by atomic mass is 32.2. The Morgan fingerprint density at radius 3 is 2.88 bits per heavy atom. The summed E-state index contributed by atoms with van der Waals surface area (Å²) in [4.78, 5) is 12.3. The van der Waals surface area contributed by atoms with Gasteiger partial charge >= 0.3 is 0 Å². The van der Waals surface area contributed by atoms with E-state index in [1.165, 1.54) is 11.8 Å². The predicted octanol–water partition coefficient (Wildman–Crippen LogP) is 4.07. The monoisotopic (exact) mass is 368 g/mol. The average Bonchev–Trinajstić information content (AvgIpc) is 3.26. The fourth-order valence-electron chi connectivity index (χ4n) is 2.55. The largest absolute Gasteiger partial charge is 0.461 e. The molecule has 0 fully saturated rings. The van der Waals surface area contributed by atoms with Crippen molar-refractivity contribution >= 4 is 23.4 Å². The van der Waals surface area contributed by atoms with E-state index in [9.17, 15) is 4.79 Å². The lowest BCUT2D eigenvalue weighted by Gasteiger charge is -2.09. The van der Waals surface area contributed by atoms with Crippen LogP contribution in [0.2, 0.25) is 0 Å². The number of carbonyl (C=O) groups is 1. The van der Waals surface area contributed by atoms with E-state index in [2.05, 4.69) is 22.1 Å². The fraction of sp³-hybridized carbons (Fsp3) is 0.211. The third kappa shape index (κ3) is 4.05. The molecule has 26 heavy (non-hydrogen) atoms. The number of amides is 1. The molecule has 0 saturated carbocycles. The first kappa shape index (κ1) is 18.0. The Labute approximate surface area is 156 Å². The van der Waals surface area contributed by atoms with Gasteiger partial charge in [0.05, 0.1) is 12.0 Å². The minimum atomic E-state index is -0.0883. The van der Waals surface area contributed by atoms with Gasteiger partial charge in [0.15, 0.2) is 10.9 Å². The normalized spacial score (nSPS) is 10.7. The Morgan fingerprint density at radius 2 is 2.19 bits per heavy atom. The van der Waals surface area contributed by atoms with E-state index in [0.29, 0.717) is 23.3 Å². The first-order chi connectivity index (χ1) is 12.6. The van der Waals surface area contributed by atoms with Crippen molar-refractivity contribution in [3.8, 4) is 11.6 Å². The molecule has 0 atom stereocenters. The number of hydrogen-bond donors (Lipinski definition) is 1. The average molecular weight is 368 g/mol. The number of carbonyl (C=O) groups excluding carboxylic acids is 1. The van der Waals surface area contributed by atoms with E-state index in [1.807, 2.05) is 42.7 Å². The minimum Gasteiger partial charge on any atom is -0.461 e. The van der Waals surface area contributed by atoms with Gasteiger partial charge in [-0.25, -0.2) is 0 Å². The molecule has 6 nitrogen and oxygen atoms in total. The van der Waals surface area contributed by atoms with E-state index >= 15 is 0 Å². The second kappa shape index (κ2) is 8.05. The summed E-state index contributed by atoms with van der Waals surface area (Å²) in [7, 11) is 0. The highest BCUT2D eigenvalue weighted by Gasteiger charge is 2.16. The van der Waals surface area contributed by atoms with Crippen molar-refractivity contribution in [1.82, 2.24) is 14.8 Å². The Morgan fingerprint density at radius 1 is 1.35 bits per heavy atom. The standard InChI is InChI=1S/C19H20N4O2S/c1-4-9-23-18(16-6-5-10-25-16)21-22-19(23)26-12-17(24)20-15-8-7-13(2)11-14(15)3/h4-8,10-11H,1,9,12H2,2-3H3,(H,20,24). The molecule has 1 amide bonds. The second-order valence-corrected chi connectivity index (χ2v) is 6.78. The number of hydrogen-bond acceptors (Lipinski definition) is 5. The summed E-state index contributed by atoms with van der Waals surface area (Å²) in [5, 5.41) is 12.0. The Kier molecular flexibility index (Phi) is 5.58. The number of nitrogens with one attached hydrogen (secondary N) is 1. The van der Waals surface area contributed by atoms with Crippen LogP contribution in [0.3, 0.4) is 0 Å². The number of aryl methyl sites for hydroxylation is 2. The molecule has 0 aliphatic rings. The van der Waals surface area contributed by atoms with Crippen LogP contribution < -0.4 is 5.32 Å². The zero-order valence-corrected chi connectivity index (χ0v) is 15.5. The summed E-state index contributed by atoms with van der Waals surface area (Å²) in [6, 6.07) is 9.56. The van der Waals surface area contributed by atoms with Crippen molar-refractivity contribution in [2.45, 2.75) is 25.5 Å². The first-order valence-corrected chi connectivity index (χ1v) is 9.15. The minimum absolute atomic E-state index is 0.0883. The zero-order valence-electron chi connectivity index (χ0n) is 14.7. The molecule has 1 N–H and O–H groups in total. The number of aromatic nitrogens is 3. The van der Waals surface area contributed by atoms with Crippen LogP contribution in [0.15, 0.2) is 58.8 Å². The van der Waals surface area contributed by atoms with Crippen LogP contribution in [0.4, 0.5) is 5.69 Å². The van der Waals surface area contributed by atoms with Crippen molar-refractivity contribution in [2.24, 2.45) is 0 Å². The van der Waals surface area contributed by atoms with Crippen LogP contribution in [0.25, 0.3) is 11.6 Å². The molecule has 2 heterocycles. The summed E-state index contributed by atoms with van der Waals surface area (Å²) in [5.41, 5.74) is 3.03. The smallest absolute Gasteiger partial charge is 0.234 e. The molecule has 0 radical (unpaired) electrons. The first-order valence-electron chi connectivity index (χ1n) is 8.16. The van der Waals surface area contributed by atoms with Crippen molar-refractivity contribution in [2.75, 3.05) is 11.1 Å². The third-order valence-electron chi connectivity index (χ3n) is 3.76. The SMILES string of the molecule is C=CCn1c(SCC(=O)Nc2ccc(C)cc2C)nnc1-c1ccco1. The molecule has 0 saturated heterocycles. The number of thioether (sulfide) groups is 1. The molecule has 3 aromatic rings. The van der Waals surface area contributed by atoms with Gasteiger partial charge in [-0.3, -0.25) is 9.36 Å². The summed E-state index contributed by atoms with van der Waals surface area (Å²) in [6.45, 7) is 8.31. The summed E-state index contributed by atoms with van der Waals surface area (Å²) in [6.07, 6.45) is 3.35. The van der Waals surface area contributed by atoms with Gasteiger partial charge in [-0.1, -0.05) is 35.5 Å². The van der Waals surface area contributed by atoms with Crippen molar-refractivity contribution in [3.05, 3.63) is 60.4 Å². The van der Waals surface area contributed by atoms with Gasteiger partial charge in [0, 0.05) is 12.2 Å². The molecule has 1 aromatic carbocycles. The summed E-state index contributed by atoms with van der Waals surface area (Å²) >= 11 is 1.33.